The lowest BCUT2D eigenvalue weighted by molar-refractivity contribution is -0.125. The van der Waals surface area contributed by atoms with E-state index in [4.69, 9.17) is 21.1 Å². The molecular formula is C17H22ClNO3. The van der Waals surface area contributed by atoms with Crippen molar-refractivity contribution in [2.24, 2.45) is 0 Å². The van der Waals surface area contributed by atoms with Gasteiger partial charge in [0.1, 0.15) is 0 Å². The van der Waals surface area contributed by atoms with Crippen LogP contribution in [0.15, 0.2) is 18.2 Å². The molecule has 0 aromatic heterocycles. The molecule has 0 N–H and O–H groups in total. The van der Waals surface area contributed by atoms with Gasteiger partial charge in [-0.05, 0) is 36.6 Å². The first kappa shape index (κ1) is 16.7. The summed E-state index contributed by atoms with van der Waals surface area (Å²) in [5.41, 5.74) is 0.811. The SMILES string of the molecule is COc1cc(/C=C/C(=O)N2CCCCCC2)cc(Cl)c1OC. The van der Waals surface area contributed by atoms with Gasteiger partial charge in [0.2, 0.25) is 5.91 Å². The van der Waals surface area contributed by atoms with Crippen LogP contribution in [0.5, 0.6) is 11.5 Å². The molecule has 4 nitrogen and oxygen atoms in total. The third kappa shape index (κ3) is 4.17. The highest BCUT2D eigenvalue weighted by Gasteiger charge is 2.13. The zero-order valence-electron chi connectivity index (χ0n) is 13.1. The first-order chi connectivity index (χ1) is 10.7. The summed E-state index contributed by atoms with van der Waals surface area (Å²) in [7, 11) is 3.10. The average Bonchev–Trinajstić information content (AvgIpc) is 2.81. The number of halogens is 1. The van der Waals surface area contributed by atoms with Gasteiger partial charge in [0.25, 0.3) is 0 Å². The Balaban J connectivity index is 2.12. The molecule has 0 aliphatic carbocycles. The molecule has 1 heterocycles. The van der Waals surface area contributed by atoms with Gasteiger partial charge in [-0.15, -0.1) is 0 Å². The van der Waals surface area contributed by atoms with Crippen molar-refractivity contribution in [2.45, 2.75) is 25.7 Å². The second-order valence-electron chi connectivity index (χ2n) is 5.31. The van der Waals surface area contributed by atoms with Gasteiger partial charge in [-0.3, -0.25) is 4.79 Å². The minimum absolute atomic E-state index is 0.0489. The molecule has 2 rings (SSSR count). The quantitative estimate of drug-likeness (QED) is 0.792. The Hall–Kier alpha value is -1.68. The average molecular weight is 324 g/mol. The summed E-state index contributed by atoms with van der Waals surface area (Å²) >= 11 is 6.16. The number of ether oxygens (including phenoxy) is 2. The molecule has 0 spiro atoms. The lowest BCUT2D eigenvalue weighted by atomic mass is 10.2. The molecular weight excluding hydrogens is 302 g/mol. The molecule has 0 bridgehead atoms. The molecule has 1 saturated heterocycles. The van der Waals surface area contributed by atoms with E-state index >= 15 is 0 Å². The zero-order valence-corrected chi connectivity index (χ0v) is 13.9. The molecule has 1 fully saturated rings. The van der Waals surface area contributed by atoms with Crippen molar-refractivity contribution in [1.29, 1.82) is 0 Å². The zero-order chi connectivity index (χ0) is 15.9. The van der Waals surface area contributed by atoms with Crippen LogP contribution < -0.4 is 9.47 Å². The van der Waals surface area contributed by atoms with E-state index in [-0.39, 0.29) is 5.91 Å². The molecule has 1 amide bonds. The van der Waals surface area contributed by atoms with E-state index in [1.807, 2.05) is 4.90 Å². The van der Waals surface area contributed by atoms with Crippen LogP contribution in [0.3, 0.4) is 0 Å². The minimum atomic E-state index is 0.0489. The van der Waals surface area contributed by atoms with Crippen LogP contribution in [-0.2, 0) is 4.79 Å². The summed E-state index contributed by atoms with van der Waals surface area (Å²) in [6.07, 6.45) is 7.95. The van der Waals surface area contributed by atoms with Gasteiger partial charge >= 0.3 is 0 Å². The normalized spacial score (nSPS) is 15.7. The van der Waals surface area contributed by atoms with Crippen molar-refractivity contribution in [1.82, 2.24) is 4.90 Å². The number of carbonyl (C=O) groups is 1. The van der Waals surface area contributed by atoms with Crippen LogP contribution in [0.4, 0.5) is 0 Å². The summed E-state index contributed by atoms with van der Waals surface area (Å²) in [5, 5.41) is 0.462. The van der Waals surface area contributed by atoms with Crippen LogP contribution in [0, 0.1) is 0 Å². The predicted molar refractivity (Wildman–Crippen MR) is 88.6 cm³/mol. The molecule has 0 atom stereocenters. The number of hydrogen-bond donors (Lipinski definition) is 0. The van der Waals surface area contributed by atoms with Gasteiger partial charge in [-0.1, -0.05) is 24.4 Å². The Labute approximate surface area is 136 Å². The minimum Gasteiger partial charge on any atom is -0.493 e. The summed E-state index contributed by atoms with van der Waals surface area (Å²) in [4.78, 5) is 14.1. The fraction of sp³-hybridized carbons (Fsp3) is 0.471. The maximum absolute atomic E-state index is 12.2. The number of methoxy groups -OCH3 is 2. The number of hydrogen-bond acceptors (Lipinski definition) is 3. The van der Waals surface area contributed by atoms with Crippen molar-refractivity contribution in [2.75, 3.05) is 27.3 Å². The largest absolute Gasteiger partial charge is 0.493 e. The number of carbonyl (C=O) groups excluding carboxylic acids is 1. The van der Waals surface area contributed by atoms with Crippen molar-refractivity contribution in [3.8, 4) is 11.5 Å². The van der Waals surface area contributed by atoms with Crippen molar-refractivity contribution >= 4 is 23.6 Å². The number of rotatable bonds is 4. The smallest absolute Gasteiger partial charge is 0.246 e. The van der Waals surface area contributed by atoms with E-state index in [1.165, 1.54) is 12.8 Å². The van der Waals surface area contributed by atoms with Gasteiger partial charge in [0, 0.05) is 19.2 Å². The van der Waals surface area contributed by atoms with Gasteiger partial charge in [0.05, 0.1) is 19.2 Å². The van der Waals surface area contributed by atoms with E-state index in [0.717, 1.165) is 31.5 Å². The Kier molecular flexibility index (Phi) is 6.13. The second kappa shape index (κ2) is 8.08. The molecule has 1 aromatic carbocycles. The molecule has 1 aromatic rings. The van der Waals surface area contributed by atoms with Crippen LogP contribution in [0.1, 0.15) is 31.2 Å². The van der Waals surface area contributed by atoms with Crippen molar-refractivity contribution in [3.63, 3.8) is 0 Å². The topological polar surface area (TPSA) is 38.8 Å². The Morgan fingerprint density at radius 2 is 1.82 bits per heavy atom. The van der Waals surface area contributed by atoms with Gasteiger partial charge in [0.15, 0.2) is 11.5 Å². The summed E-state index contributed by atoms with van der Waals surface area (Å²) in [6, 6.07) is 3.56. The third-order valence-electron chi connectivity index (χ3n) is 3.79. The van der Waals surface area contributed by atoms with E-state index in [0.29, 0.717) is 16.5 Å². The van der Waals surface area contributed by atoms with Crippen LogP contribution >= 0.6 is 11.6 Å². The van der Waals surface area contributed by atoms with Gasteiger partial charge < -0.3 is 14.4 Å². The van der Waals surface area contributed by atoms with Crippen LogP contribution in [0.2, 0.25) is 5.02 Å². The van der Waals surface area contributed by atoms with E-state index in [9.17, 15) is 4.79 Å². The summed E-state index contributed by atoms with van der Waals surface area (Å²) in [6.45, 7) is 1.69. The van der Waals surface area contributed by atoms with Crippen LogP contribution in [-0.4, -0.2) is 38.1 Å². The molecule has 120 valence electrons. The number of benzene rings is 1. The van der Waals surface area contributed by atoms with Crippen LogP contribution in [0.25, 0.3) is 6.08 Å². The first-order valence-corrected chi connectivity index (χ1v) is 7.92. The molecule has 5 heteroatoms. The Morgan fingerprint density at radius 3 is 2.41 bits per heavy atom. The maximum Gasteiger partial charge on any atom is 0.246 e. The summed E-state index contributed by atoms with van der Waals surface area (Å²) in [5.74, 6) is 1.10. The molecule has 0 unspecified atom stereocenters. The fourth-order valence-corrected chi connectivity index (χ4v) is 2.89. The standard InChI is InChI=1S/C17H22ClNO3/c1-21-15-12-13(11-14(18)17(15)22-2)7-8-16(20)19-9-5-3-4-6-10-19/h7-8,11-12H,3-6,9-10H2,1-2H3/b8-7+. The highest BCUT2D eigenvalue weighted by Crippen LogP contribution is 2.36. The lowest BCUT2D eigenvalue weighted by Crippen LogP contribution is -2.30. The Morgan fingerprint density at radius 1 is 1.14 bits per heavy atom. The van der Waals surface area contributed by atoms with Gasteiger partial charge in [-0.2, -0.15) is 0 Å². The molecule has 22 heavy (non-hydrogen) atoms. The Bertz CT molecular complexity index is 549. The van der Waals surface area contributed by atoms with E-state index < -0.39 is 0 Å². The van der Waals surface area contributed by atoms with Crippen molar-refractivity contribution < 1.29 is 14.3 Å². The number of nitrogens with zero attached hydrogens (tertiary/aromatic N) is 1. The molecule has 0 saturated carbocycles. The second-order valence-corrected chi connectivity index (χ2v) is 5.72. The number of amides is 1. The predicted octanol–water partition coefficient (Wildman–Crippen LogP) is 3.77. The number of likely N-dealkylation sites (tertiary alicyclic amines) is 1. The van der Waals surface area contributed by atoms with E-state index in [1.54, 1.807) is 38.5 Å². The van der Waals surface area contributed by atoms with E-state index in [2.05, 4.69) is 0 Å². The van der Waals surface area contributed by atoms with Gasteiger partial charge in [-0.25, -0.2) is 0 Å². The molecule has 1 aliphatic rings. The first-order valence-electron chi connectivity index (χ1n) is 7.54. The maximum atomic E-state index is 12.2. The lowest BCUT2D eigenvalue weighted by Gasteiger charge is -2.18. The molecule has 1 aliphatic heterocycles. The monoisotopic (exact) mass is 323 g/mol. The fourth-order valence-electron chi connectivity index (χ4n) is 2.60. The third-order valence-corrected chi connectivity index (χ3v) is 4.07. The highest BCUT2D eigenvalue weighted by atomic mass is 35.5. The molecule has 0 radical (unpaired) electrons. The summed E-state index contributed by atoms with van der Waals surface area (Å²) < 4.78 is 10.5. The van der Waals surface area contributed by atoms with Crippen molar-refractivity contribution in [3.05, 3.63) is 28.8 Å². The highest BCUT2D eigenvalue weighted by molar-refractivity contribution is 6.32.